The Bertz CT molecular complexity index is 1060. The fraction of sp³-hybridized carbons (Fsp3) is 0.360. The zero-order chi connectivity index (χ0) is 23.0. The van der Waals surface area contributed by atoms with Gasteiger partial charge in [-0.1, -0.05) is 46.3 Å². The predicted molar refractivity (Wildman–Crippen MR) is 132 cm³/mol. The Balaban J connectivity index is 1.37. The highest BCUT2D eigenvalue weighted by Gasteiger charge is 2.16. The number of aryl methyl sites for hydroxylation is 1. The van der Waals surface area contributed by atoms with E-state index in [2.05, 4.69) is 31.7 Å². The number of nitrogens with one attached hydrogen (secondary N) is 2. The van der Waals surface area contributed by atoms with Gasteiger partial charge in [-0.05, 0) is 62.5 Å². The van der Waals surface area contributed by atoms with Gasteiger partial charge in [0, 0.05) is 21.8 Å². The maximum absolute atomic E-state index is 12.2. The standard InChI is InChI=1S/C25H29BrN4O3/c1-18-13-24(28-25(31)33-17-20-9-11-27-12-10-20)29-30(18)15-21-14-22(26)7-8-23(21)32-16-19-5-3-2-4-6-19/h2-8,13-14,20,27H,9-12,15-17H2,1H3,(H,28,29,31). The van der Waals surface area contributed by atoms with Crippen LogP contribution in [0.25, 0.3) is 0 Å². The summed E-state index contributed by atoms with van der Waals surface area (Å²) in [5.41, 5.74) is 3.03. The van der Waals surface area contributed by atoms with Crippen molar-refractivity contribution in [1.82, 2.24) is 15.1 Å². The van der Waals surface area contributed by atoms with Crippen molar-refractivity contribution < 1.29 is 14.3 Å². The van der Waals surface area contributed by atoms with Gasteiger partial charge in [-0.25, -0.2) is 4.79 Å². The highest BCUT2D eigenvalue weighted by Crippen LogP contribution is 2.26. The molecule has 1 amide bonds. The zero-order valence-corrected chi connectivity index (χ0v) is 20.3. The number of hydrogen-bond acceptors (Lipinski definition) is 5. The fourth-order valence-electron chi connectivity index (χ4n) is 3.82. The number of carbonyl (C=O) groups is 1. The van der Waals surface area contributed by atoms with Gasteiger partial charge in [-0.3, -0.25) is 10.00 Å². The van der Waals surface area contributed by atoms with Gasteiger partial charge in [-0.15, -0.1) is 0 Å². The topological polar surface area (TPSA) is 77.4 Å². The first-order valence-corrected chi connectivity index (χ1v) is 12.0. The van der Waals surface area contributed by atoms with Gasteiger partial charge in [0.25, 0.3) is 0 Å². The van der Waals surface area contributed by atoms with E-state index in [0.29, 0.717) is 31.5 Å². The molecule has 1 aliphatic rings. The number of carbonyl (C=O) groups excluding carboxylic acids is 1. The molecule has 2 N–H and O–H groups in total. The van der Waals surface area contributed by atoms with E-state index < -0.39 is 6.09 Å². The molecule has 1 aromatic heterocycles. The first-order valence-electron chi connectivity index (χ1n) is 11.2. The average molecular weight is 513 g/mol. The van der Waals surface area contributed by atoms with Crippen LogP contribution in [-0.4, -0.2) is 35.6 Å². The number of ether oxygens (including phenoxy) is 2. The molecule has 174 valence electrons. The molecular weight excluding hydrogens is 484 g/mol. The van der Waals surface area contributed by atoms with Crippen LogP contribution in [0.3, 0.4) is 0 Å². The number of hydrogen-bond donors (Lipinski definition) is 2. The Morgan fingerprint density at radius 3 is 2.76 bits per heavy atom. The molecule has 1 fully saturated rings. The van der Waals surface area contributed by atoms with Crippen molar-refractivity contribution in [2.24, 2.45) is 5.92 Å². The van der Waals surface area contributed by atoms with Crippen molar-refractivity contribution in [2.75, 3.05) is 25.0 Å². The van der Waals surface area contributed by atoms with E-state index >= 15 is 0 Å². The Morgan fingerprint density at radius 2 is 1.97 bits per heavy atom. The lowest BCUT2D eigenvalue weighted by Gasteiger charge is -2.21. The molecule has 8 heteroatoms. The van der Waals surface area contributed by atoms with Gasteiger partial charge in [-0.2, -0.15) is 5.10 Å². The number of nitrogens with zero attached hydrogens (tertiary/aromatic N) is 2. The molecule has 0 spiro atoms. The van der Waals surface area contributed by atoms with Crippen LogP contribution in [0.5, 0.6) is 5.75 Å². The molecule has 33 heavy (non-hydrogen) atoms. The Kier molecular flexibility index (Phi) is 8.01. The molecule has 0 aliphatic carbocycles. The fourth-order valence-corrected chi connectivity index (χ4v) is 4.23. The van der Waals surface area contributed by atoms with Crippen molar-refractivity contribution in [3.63, 3.8) is 0 Å². The summed E-state index contributed by atoms with van der Waals surface area (Å²) in [5.74, 6) is 1.69. The zero-order valence-electron chi connectivity index (χ0n) is 18.7. The third-order valence-electron chi connectivity index (χ3n) is 5.70. The van der Waals surface area contributed by atoms with Crippen molar-refractivity contribution >= 4 is 27.8 Å². The second kappa shape index (κ2) is 11.3. The van der Waals surface area contributed by atoms with Crippen LogP contribution in [-0.2, 0) is 17.9 Å². The molecule has 7 nitrogen and oxygen atoms in total. The van der Waals surface area contributed by atoms with Crippen LogP contribution in [0, 0.1) is 12.8 Å². The Morgan fingerprint density at radius 1 is 1.18 bits per heavy atom. The minimum absolute atomic E-state index is 0.419. The van der Waals surface area contributed by atoms with Crippen molar-refractivity contribution in [3.8, 4) is 5.75 Å². The molecule has 0 atom stereocenters. The number of anilines is 1. The number of benzene rings is 2. The molecule has 3 aromatic rings. The SMILES string of the molecule is Cc1cc(NC(=O)OCC2CCNCC2)nn1Cc1cc(Br)ccc1OCc1ccccc1. The largest absolute Gasteiger partial charge is 0.489 e. The number of rotatable bonds is 8. The second-order valence-corrected chi connectivity index (χ2v) is 9.19. The molecule has 1 saturated heterocycles. The van der Waals surface area contributed by atoms with E-state index in [1.165, 1.54) is 0 Å². The molecule has 2 aromatic carbocycles. The maximum Gasteiger partial charge on any atom is 0.412 e. The molecular formula is C25H29BrN4O3. The lowest BCUT2D eigenvalue weighted by atomic mass is 9.99. The number of amides is 1. The van der Waals surface area contributed by atoms with Crippen LogP contribution in [0.1, 0.15) is 29.7 Å². The Hall–Kier alpha value is -2.84. The summed E-state index contributed by atoms with van der Waals surface area (Å²) in [4.78, 5) is 12.2. The molecule has 0 saturated carbocycles. The number of piperidine rings is 1. The van der Waals surface area contributed by atoms with Crippen LogP contribution in [0.4, 0.5) is 10.6 Å². The molecule has 1 aliphatic heterocycles. The van der Waals surface area contributed by atoms with Gasteiger partial charge < -0.3 is 14.8 Å². The molecule has 0 bridgehead atoms. The van der Waals surface area contributed by atoms with Gasteiger partial charge >= 0.3 is 6.09 Å². The molecule has 0 radical (unpaired) electrons. The van der Waals surface area contributed by atoms with Gasteiger partial charge in [0.15, 0.2) is 5.82 Å². The number of halogens is 1. The summed E-state index contributed by atoms with van der Waals surface area (Å²) in [7, 11) is 0. The van der Waals surface area contributed by atoms with Gasteiger partial charge in [0.05, 0.1) is 13.2 Å². The average Bonchev–Trinajstić information content (AvgIpc) is 3.17. The van der Waals surface area contributed by atoms with Crippen LogP contribution in [0.2, 0.25) is 0 Å². The lowest BCUT2D eigenvalue weighted by Crippen LogP contribution is -2.31. The van der Waals surface area contributed by atoms with Gasteiger partial charge in [0.1, 0.15) is 12.4 Å². The van der Waals surface area contributed by atoms with E-state index in [0.717, 1.165) is 53.0 Å². The number of aromatic nitrogens is 2. The molecule has 0 unspecified atom stereocenters. The van der Waals surface area contributed by atoms with Gasteiger partial charge in [0.2, 0.25) is 0 Å². The summed E-state index contributed by atoms with van der Waals surface area (Å²) in [6.07, 6.45) is 1.59. The van der Waals surface area contributed by atoms with Crippen LogP contribution < -0.4 is 15.4 Å². The first-order chi connectivity index (χ1) is 16.1. The van der Waals surface area contributed by atoms with Crippen LogP contribution in [0.15, 0.2) is 59.1 Å². The lowest BCUT2D eigenvalue weighted by molar-refractivity contribution is 0.130. The third-order valence-corrected chi connectivity index (χ3v) is 6.19. The second-order valence-electron chi connectivity index (χ2n) is 8.27. The van der Waals surface area contributed by atoms with E-state index in [9.17, 15) is 4.79 Å². The van der Waals surface area contributed by atoms with Crippen LogP contribution >= 0.6 is 15.9 Å². The predicted octanol–water partition coefficient (Wildman–Crippen LogP) is 5.13. The first kappa shape index (κ1) is 23.3. The van der Waals surface area contributed by atoms with E-state index in [4.69, 9.17) is 9.47 Å². The summed E-state index contributed by atoms with van der Waals surface area (Å²) in [6.45, 7) is 5.36. The minimum Gasteiger partial charge on any atom is -0.489 e. The quantitative estimate of drug-likeness (QED) is 0.437. The summed E-state index contributed by atoms with van der Waals surface area (Å²) in [6, 6.07) is 17.9. The van der Waals surface area contributed by atoms with E-state index in [-0.39, 0.29) is 0 Å². The van der Waals surface area contributed by atoms with Crippen molar-refractivity contribution in [2.45, 2.75) is 32.9 Å². The van der Waals surface area contributed by atoms with Crippen molar-refractivity contribution in [1.29, 1.82) is 0 Å². The van der Waals surface area contributed by atoms with E-state index in [1.807, 2.05) is 66.2 Å². The molecule has 4 rings (SSSR count). The summed E-state index contributed by atoms with van der Waals surface area (Å²) < 4.78 is 14.3. The minimum atomic E-state index is -0.465. The monoisotopic (exact) mass is 512 g/mol. The smallest absolute Gasteiger partial charge is 0.412 e. The van der Waals surface area contributed by atoms with E-state index in [1.54, 1.807) is 0 Å². The normalized spacial score (nSPS) is 14.1. The summed E-state index contributed by atoms with van der Waals surface area (Å²) in [5, 5.41) is 10.6. The highest BCUT2D eigenvalue weighted by molar-refractivity contribution is 9.10. The highest BCUT2D eigenvalue weighted by atomic mass is 79.9. The van der Waals surface area contributed by atoms with Crippen molar-refractivity contribution in [3.05, 3.63) is 75.9 Å². The third kappa shape index (κ3) is 6.82. The Labute approximate surface area is 202 Å². The maximum atomic E-state index is 12.2. The molecule has 2 heterocycles. The summed E-state index contributed by atoms with van der Waals surface area (Å²) >= 11 is 3.55.